The minimum absolute atomic E-state index is 0.125. The van der Waals surface area contributed by atoms with Crippen LogP contribution in [-0.2, 0) is 11.3 Å². The molecule has 3 aromatic carbocycles. The van der Waals surface area contributed by atoms with Crippen LogP contribution in [0.4, 0.5) is 10.5 Å². The Kier molecular flexibility index (Phi) is 7.51. The molecule has 3 aromatic rings. The van der Waals surface area contributed by atoms with E-state index in [4.69, 9.17) is 9.47 Å². The molecule has 11 heteroatoms. The molecule has 1 aliphatic rings. The minimum Gasteiger partial charge on any atom is -0.493 e. The molecule has 182 valence electrons. The van der Waals surface area contributed by atoms with Crippen LogP contribution in [0.5, 0.6) is 11.5 Å². The largest absolute Gasteiger partial charge is 0.493 e. The topological polar surface area (TPSA) is 116 Å². The number of thioether (sulfide) groups is 1. The summed E-state index contributed by atoms with van der Waals surface area (Å²) in [4.78, 5) is 49.5. The normalized spacial score (nSPS) is 14.3. The SMILES string of the molecule is COc1cc(/C=C2\SC(=O)N(Cc3ccccc3Br)C2=O)ccc1OC(=O)c1ccc([N+](=O)[O-])cc1. The fraction of sp³-hybridized carbons (Fsp3) is 0.0800. The number of ether oxygens (including phenoxy) is 2. The van der Waals surface area contributed by atoms with Gasteiger partial charge in [0.2, 0.25) is 0 Å². The first-order valence-corrected chi connectivity index (χ1v) is 12.0. The molecular formula is C25H17BrN2O7S. The highest BCUT2D eigenvalue weighted by Gasteiger charge is 2.35. The van der Waals surface area contributed by atoms with E-state index >= 15 is 0 Å². The molecule has 0 atom stereocenters. The lowest BCUT2D eigenvalue weighted by atomic mass is 10.1. The van der Waals surface area contributed by atoms with Crippen molar-refractivity contribution in [3.8, 4) is 11.5 Å². The van der Waals surface area contributed by atoms with Gasteiger partial charge in [-0.3, -0.25) is 24.6 Å². The Labute approximate surface area is 218 Å². The van der Waals surface area contributed by atoms with E-state index in [9.17, 15) is 24.5 Å². The number of carbonyl (C=O) groups excluding carboxylic acids is 3. The summed E-state index contributed by atoms with van der Waals surface area (Å²) in [7, 11) is 1.40. The Morgan fingerprint density at radius 2 is 1.81 bits per heavy atom. The second-order valence-corrected chi connectivity index (χ2v) is 9.31. The molecule has 1 fully saturated rings. The smallest absolute Gasteiger partial charge is 0.343 e. The maximum atomic E-state index is 12.9. The minimum atomic E-state index is -0.718. The van der Waals surface area contributed by atoms with E-state index in [0.29, 0.717) is 5.56 Å². The Morgan fingerprint density at radius 1 is 1.08 bits per heavy atom. The lowest BCUT2D eigenvalue weighted by Gasteiger charge is -2.13. The summed E-state index contributed by atoms with van der Waals surface area (Å²) in [6.45, 7) is 0.143. The zero-order valence-corrected chi connectivity index (χ0v) is 21.1. The fourth-order valence-electron chi connectivity index (χ4n) is 3.32. The van der Waals surface area contributed by atoms with Gasteiger partial charge in [0.15, 0.2) is 11.5 Å². The van der Waals surface area contributed by atoms with Crippen LogP contribution in [0, 0.1) is 10.1 Å². The molecule has 0 unspecified atom stereocenters. The number of methoxy groups -OCH3 is 1. The molecule has 36 heavy (non-hydrogen) atoms. The van der Waals surface area contributed by atoms with Crippen LogP contribution >= 0.6 is 27.7 Å². The van der Waals surface area contributed by atoms with Gasteiger partial charge in [0.1, 0.15) is 0 Å². The number of benzene rings is 3. The molecule has 0 spiro atoms. The van der Waals surface area contributed by atoms with Crippen molar-refractivity contribution in [2.75, 3.05) is 7.11 Å². The number of nitro benzene ring substituents is 1. The average molecular weight is 569 g/mol. The number of hydrogen-bond donors (Lipinski definition) is 0. The van der Waals surface area contributed by atoms with E-state index in [1.54, 1.807) is 18.2 Å². The van der Waals surface area contributed by atoms with Gasteiger partial charge < -0.3 is 9.47 Å². The standard InChI is InChI=1S/C25H17BrN2O7S/c1-34-21-12-15(6-11-20(21)35-24(30)16-7-9-18(10-8-16)28(32)33)13-22-23(29)27(25(31)36-22)14-17-4-2-3-5-19(17)26/h2-13H,14H2,1H3/b22-13-. The van der Waals surface area contributed by atoms with Crippen LogP contribution in [0.2, 0.25) is 0 Å². The van der Waals surface area contributed by atoms with Crippen molar-refractivity contribution >= 4 is 56.6 Å². The fourth-order valence-corrected chi connectivity index (χ4v) is 4.57. The van der Waals surface area contributed by atoms with Gasteiger partial charge in [-0.15, -0.1) is 0 Å². The van der Waals surface area contributed by atoms with Crippen molar-refractivity contribution in [2.45, 2.75) is 6.54 Å². The van der Waals surface area contributed by atoms with Crippen LogP contribution in [0.25, 0.3) is 6.08 Å². The van der Waals surface area contributed by atoms with Gasteiger partial charge in [0.05, 0.1) is 29.0 Å². The van der Waals surface area contributed by atoms with Crippen molar-refractivity contribution in [3.63, 3.8) is 0 Å². The quantitative estimate of drug-likeness (QED) is 0.115. The summed E-state index contributed by atoms with van der Waals surface area (Å²) in [5.41, 5.74) is 1.36. The summed E-state index contributed by atoms with van der Waals surface area (Å²) in [6.07, 6.45) is 1.56. The van der Waals surface area contributed by atoms with E-state index in [2.05, 4.69) is 15.9 Å². The molecule has 0 saturated carbocycles. The third-order valence-electron chi connectivity index (χ3n) is 5.16. The number of esters is 1. The van der Waals surface area contributed by atoms with Crippen LogP contribution in [0.3, 0.4) is 0 Å². The molecule has 1 aliphatic heterocycles. The van der Waals surface area contributed by atoms with Crippen molar-refractivity contribution in [1.82, 2.24) is 4.90 Å². The lowest BCUT2D eigenvalue weighted by molar-refractivity contribution is -0.384. The predicted octanol–water partition coefficient (Wildman–Crippen LogP) is 5.82. The third-order valence-corrected chi connectivity index (χ3v) is 6.84. The molecule has 1 heterocycles. The van der Waals surface area contributed by atoms with Crippen LogP contribution in [0.1, 0.15) is 21.5 Å². The molecule has 1 saturated heterocycles. The monoisotopic (exact) mass is 568 g/mol. The van der Waals surface area contributed by atoms with Gasteiger partial charge in [0, 0.05) is 16.6 Å². The molecule has 0 N–H and O–H groups in total. The summed E-state index contributed by atoms with van der Waals surface area (Å²) in [6, 6.07) is 17.0. The number of nitrogens with zero attached hydrogens (tertiary/aromatic N) is 2. The van der Waals surface area contributed by atoms with Crippen molar-refractivity contribution < 1.29 is 28.8 Å². The average Bonchev–Trinajstić information content (AvgIpc) is 3.13. The Hall–Kier alpha value is -3.96. The predicted molar refractivity (Wildman–Crippen MR) is 137 cm³/mol. The van der Waals surface area contributed by atoms with Gasteiger partial charge >= 0.3 is 5.97 Å². The highest BCUT2D eigenvalue weighted by Crippen LogP contribution is 2.36. The number of imide groups is 1. The number of non-ortho nitro benzene ring substituents is 1. The van der Waals surface area contributed by atoms with Gasteiger partial charge in [-0.05, 0) is 59.3 Å². The lowest BCUT2D eigenvalue weighted by Crippen LogP contribution is -2.27. The number of halogens is 1. The molecule has 0 bridgehead atoms. The Morgan fingerprint density at radius 3 is 2.47 bits per heavy atom. The summed E-state index contributed by atoms with van der Waals surface area (Å²) in [5, 5.41) is 10.4. The molecule has 0 aromatic heterocycles. The van der Waals surface area contributed by atoms with E-state index in [0.717, 1.165) is 21.8 Å². The van der Waals surface area contributed by atoms with E-state index in [1.165, 1.54) is 42.3 Å². The number of carbonyl (C=O) groups is 3. The van der Waals surface area contributed by atoms with Crippen LogP contribution < -0.4 is 9.47 Å². The van der Waals surface area contributed by atoms with Gasteiger partial charge in [-0.25, -0.2) is 4.79 Å². The number of amides is 2. The second-order valence-electron chi connectivity index (χ2n) is 7.46. The highest BCUT2D eigenvalue weighted by molar-refractivity contribution is 9.10. The van der Waals surface area contributed by atoms with Crippen molar-refractivity contribution in [1.29, 1.82) is 0 Å². The van der Waals surface area contributed by atoms with E-state index in [-0.39, 0.29) is 39.4 Å². The van der Waals surface area contributed by atoms with Gasteiger partial charge in [-0.2, -0.15) is 0 Å². The van der Waals surface area contributed by atoms with Crippen LogP contribution in [-0.4, -0.2) is 34.0 Å². The number of nitro groups is 1. The Balaban J connectivity index is 1.50. The molecule has 9 nitrogen and oxygen atoms in total. The molecular weight excluding hydrogens is 552 g/mol. The molecule has 0 radical (unpaired) electrons. The number of rotatable bonds is 7. The van der Waals surface area contributed by atoms with Crippen LogP contribution in [0.15, 0.2) is 76.1 Å². The first-order chi connectivity index (χ1) is 17.3. The highest BCUT2D eigenvalue weighted by atomic mass is 79.9. The maximum Gasteiger partial charge on any atom is 0.343 e. The first kappa shape index (κ1) is 25.1. The zero-order chi connectivity index (χ0) is 25.8. The molecule has 4 rings (SSSR count). The van der Waals surface area contributed by atoms with Crippen molar-refractivity contribution in [3.05, 3.63) is 103 Å². The first-order valence-electron chi connectivity index (χ1n) is 10.4. The summed E-state index contributed by atoms with van der Waals surface area (Å²) in [5.74, 6) is -0.774. The Bertz CT molecular complexity index is 1410. The van der Waals surface area contributed by atoms with Crippen molar-refractivity contribution in [2.24, 2.45) is 0 Å². The van der Waals surface area contributed by atoms with E-state index < -0.39 is 16.8 Å². The number of hydrogen-bond acceptors (Lipinski definition) is 8. The van der Waals surface area contributed by atoms with E-state index in [1.807, 2.05) is 24.3 Å². The van der Waals surface area contributed by atoms with Gasteiger partial charge in [-0.1, -0.05) is 40.2 Å². The summed E-state index contributed by atoms with van der Waals surface area (Å²) >= 11 is 4.27. The van der Waals surface area contributed by atoms with Gasteiger partial charge in [0.25, 0.3) is 16.8 Å². The molecule has 2 amide bonds. The third kappa shape index (κ3) is 5.47. The maximum absolute atomic E-state index is 12.9. The zero-order valence-electron chi connectivity index (χ0n) is 18.7. The second kappa shape index (κ2) is 10.8. The molecule has 0 aliphatic carbocycles. The summed E-state index contributed by atoms with van der Waals surface area (Å²) < 4.78 is 11.5.